The Labute approximate surface area is 482 Å². The number of hydrogen-bond donors (Lipinski definition) is 1. The molecule has 0 unspecified atom stereocenters. The first kappa shape index (κ1) is 60.3. The lowest BCUT2D eigenvalue weighted by molar-refractivity contribution is -0.140. The second-order valence-electron chi connectivity index (χ2n) is 17.0. The van der Waals surface area contributed by atoms with E-state index < -0.39 is 5.97 Å². The van der Waals surface area contributed by atoms with Crippen molar-refractivity contribution in [1.82, 2.24) is 0 Å². The van der Waals surface area contributed by atoms with Crippen LogP contribution in [0.15, 0.2) is 234 Å². The van der Waals surface area contributed by atoms with E-state index in [0.29, 0.717) is 67.8 Å². The van der Waals surface area contributed by atoms with E-state index >= 15 is 0 Å². The highest BCUT2D eigenvalue weighted by Gasteiger charge is 2.19. The molecule has 0 aliphatic heterocycles. The minimum atomic E-state index is -0.589. The predicted molar refractivity (Wildman–Crippen MR) is 321 cm³/mol. The number of ketones is 4. The van der Waals surface area contributed by atoms with E-state index in [4.69, 9.17) is 28.0 Å². The molecule has 0 aromatic heterocycles. The topological polar surface area (TPSA) is 140 Å². The fourth-order valence-electron chi connectivity index (χ4n) is 7.39. The maximum atomic E-state index is 13.2. The number of rotatable bonds is 21. The summed E-state index contributed by atoms with van der Waals surface area (Å²) in [6.45, 7) is 5.10. The van der Waals surface area contributed by atoms with Gasteiger partial charge in [-0.25, -0.2) is 4.79 Å². The van der Waals surface area contributed by atoms with Gasteiger partial charge in [-0.2, -0.15) is 0 Å². The zero-order valence-electron chi connectivity index (χ0n) is 42.0. The molecule has 15 heteroatoms. The monoisotopic (exact) mass is 1150 g/mol. The summed E-state index contributed by atoms with van der Waals surface area (Å²) < 4.78 is 0. The van der Waals surface area contributed by atoms with Crippen molar-refractivity contribution in [2.45, 2.75) is 70.4 Å². The van der Waals surface area contributed by atoms with E-state index in [1.165, 1.54) is 30.4 Å². The van der Waals surface area contributed by atoms with Gasteiger partial charge in [0.05, 0.1) is 0 Å². The van der Waals surface area contributed by atoms with Crippen LogP contribution in [-0.4, -0.2) is 57.2 Å². The molecule has 0 heterocycles. The Morgan fingerprint density at radius 2 is 0.769 bits per heavy atom. The van der Waals surface area contributed by atoms with Crippen molar-refractivity contribution >= 4 is 111 Å². The van der Waals surface area contributed by atoms with Crippen molar-refractivity contribution < 1.29 is 34.0 Å². The van der Waals surface area contributed by atoms with E-state index in [1.54, 1.807) is 47.8 Å². The Hall–Kier alpha value is -6.97. The van der Waals surface area contributed by atoms with Gasteiger partial charge >= 0.3 is 5.97 Å². The fraction of sp³-hybridized carbons (Fsp3) is 0.127. The first-order valence-electron chi connectivity index (χ1n) is 24.0. The van der Waals surface area contributed by atoms with E-state index in [0.717, 1.165) is 40.5 Å². The van der Waals surface area contributed by atoms with Gasteiger partial charge in [-0.15, -0.1) is 23.5 Å². The Bertz CT molecular complexity index is 3410. The lowest BCUT2D eigenvalue weighted by Gasteiger charge is -2.08. The zero-order chi connectivity index (χ0) is 54.7. The molecule has 8 rings (SSSR count). The van der Waals surface area contributed by atoms with Gasteiger partial charge in [-0.3, -0.25) is 19.2 Å². The first-order chi connectivity index (χ1) is 37.2. The minimum Gasteiger partial charge on any atom is -0.411 e. The quantitative estimate of drug-likeness (QED) is 0.0184. The lowest BCUT2D eigenvalue weighted by atomic mass is 9.99. The third kappa shape index (κ3) is 17.8. The maximum absolute atomic E-state index is 13.2. The van der Waals surface area contributed by atoms with Crippen LogP contribution in [0.3, 0.4) is 0 Å². The number of carbonyl (C=O) groups excluding carboxylic acids is 5. The average molecular weight is 1150 g/mol. The average Bonchev–Trinajstić information content (AvgIpc) is 3.45. The molecule has 0 atom stereocenters. The van der Waals surface area contributed by atoms with Crippen LogP contribution in [0.2, 0.25) is 10.0 Å². The van der Waals surface area contributed by atoms with Crippen LogP contribution in [0.25, 0.3) is 0 Å². The van der Waals surface area contributed by atoms with Gasteiger partial charge in [0.2, 0.25) is 11.6 Å². The Balaban J connectivity index is 0.000000250. The number of Topliss-reactive ketones (excluding diaryl/α,β-unsaturated/α-hetero) is 2. The number of aryl methyl sites for hydroxylation is 2. The number of hydrogen-bond acceptors (Lipinski definition) is 13. The Kier molecular flexibility index (Phi) is 23.4. The SMILES string of the molecule is C.CC(=O)O/N=C(\CCSc1ccc(Cl)cc1)C(=O)c1ccc(Sc2ccc(C(=O)c3ccccc3C)cc2)cc1.Cc1ccccc1C(=O)c1ccc(Sc2ccc(C(=O)/C(CCSc3ccc(Cl)cc3)=N/O)cc2)cc1. The molecule has 0 fully saturated rings. The summed E-state index contributed by atoms with van der Waals surface area (Å²) in [6.07, 6.45) is 0.663. The molecule has 0 amide bonds. The molecule has 0 saturated carbocycles. The third-order valence-corrected chi connectivity index (χ3v) is 16.1. The summed E-state index contributed by atoms with van der Waals surface area (Å²) in [4.78, 5) is 73.6. The summed E-state index contributed by atoms with van der Waals surface area (Å²) in [5.41, 5.74) is 5.79. The molecule has 8 aromatic carbocycles. The predicted octanol–water partition coefficient (Wildman–Crippen LogP) is 17.2. The first-order valence-corrected chi connectivity index (χ1v) is 28.4. The van der Waals surface area contributed by atoms with Crippen LogP contribution in [0.5, 0.6) is 0 Å². The number of benzene rings is 8. The van der Waals surface area contributed by atoms with Crippen molar-refractivity contribution in [2.24, 2.45) is 10.3 Å². The molecule has 78 heavy (non-hydrogen) atoms. The van der Waals surface area contributed by atoms with Crippen LogP contribution in [0.4, 0.5) is 0 Å². The molecular weight excluding hydrogens is 1100 g/mol. The van der Waals surface area contributed by atoms with Crippen LogP contribution in [-0.2, 0) is 9.63 Å². The Morgan fingerprint density at radius 3 is 1.12 bits per heavy atom. The van der Waals surface area contributed by atoms with Crippen LogP contribution < -0.4 is 0 Å². The number of thioether (sulfide) groups is 2. The molecule has 396 valence electrons. The Morgan fingerprint density at radius 1 is 0.449 bits per heavy atom. The number of halogens is 2. The highest BCUT2D eigenvalue weighted by Crippen LogP contribution is 2.31. The van der Waals surface area contributed by atoms with Gasteiger partial charge in [0, 0.05) is 104 Å². The molecule has 0 aliphatic carbocycles. The smallest absolute Gasteiger partial charge is 0.331 e. The molecule has 9 nitrogen and oxygen atoms in total. The molecule has 0 spiro atoms. The van der Waals surface area contributed by atoms with Gasteiger partial charge < -0.3 is 10.0 Å². The normalized spacial score (nSPS) is 11.1. The second kappa shape index (κ2) is 30.3. The summed E-state index contributed by atoms with van der Waals surface area (Å²) in [6, 6.07) is 59.4. The van der Waals surface area contributed by atoms with Gasteiger partial charge in [-0.1, -0.05) is 113 Å². The highest BCUT2D eigenvalue weighted by molar-refractivity contribution is 8.00. The fourth-order valence-corrected chi connectivity index (χ4v) is 11.0. The standard InChI is InChI=1S/C32H26ClNO4S2.C30H24ClNO3S2.CH4/c1-21-5-3-4-6-29(21)31(36)23-7-13-27(14-8-23)40-28-15-9-24(10-16-28)32(37)30(34-38-22(2)35)19-20-39-26-17-11-25(33)12-18-26;1-20-4-2-3-5-27(20)29(33)21-6-12-25(13-7-21)37-26-14-8-22(9-15-26)30(34)28(32-35)18-19-36-24-16-10-23(31)11-17-24;/h3-18H,19-20H2,1-2H3;2-17,35H,18-19H2,1H3;1H4/b34-30+;32-28+;. The number of oxime groups is 2. The lowest BCUT2D eigenvalue weighted by Crippen LogP contribution is -2.16. The van der Waals surface area contributed by atoms with E-state index in [1.807, 2.05) is 184 Å². The van der Waals surface area contributed by atoms with E-state index in [-0.39, 0.29) is 42.0 Å². The van der Waals surface area contributed by atoms with Crippen LogP contribution in [0.1, 0.15) is 90.9 Å². The summed E-state index contributed by atoms with van der Waals surface area (Å²) in [5.74, 6) is -0.00886. The minimum absolute atomic E-state index is 0. The zero-order valence-corrected chi connectivity index (χ0v) is 46.8. The molecule has 0 radical (unpaired) electrons. The molecule has 8 aromatic rings. The maximum Gasteiger partial charge on any atom is 0.331 e. The molecule has 0 saturated heterocycles. The molecule has 1 N–H and O–H groups in total. The molecular formula is C63H54Cl2N2O7S4. The van der Waals surface area contributed by atoms with Crippen molar-refractivity contribution in [3.05, 3.63) is 249 Å². The molecule has 0 aliphatic rings. The van der Waals surface area contributed by atoms with Gasteiger partial charge in [0.25, 0.3) is 0 Å². The van der Waals surface area contributed by atoms with Crippen molar-refractivity contribution in [3.63, 3.8) is 0 Å². The second-order valence-corrected chi connectivity index (χ2v) is 22.5. The number of nitrogens with zero attached hydrogens (tertiary/aromatic N) is 2. The van der Waals surface area contributed by atoms with Crippen LogP contribution >= 0.6 is 70.2 Å². The van der Waals surface area contributed by atoms with E-state index in [2.05, 4.69) is 10.3 Å². The third-order valence-electron chi connectivity index (χ3n) is 11.5. The van der Waals surface area contributed by atoms with Crippen molar-refractivity contribution in [3.8, 4) is 0 Å². The van der Waals surface area contributed by atoms with Crippen molar-refractivity contribution in [1.29, 1.82) is 0 Å². The molecule has 0 bridgehead atoms. The van der Waals surface area contributed by atoms with Gasteiger partial charge in [0.1, 0.15) is 11.4 Å². The highest BCUT2D eigenvalue weighted by atomic mass is 35.5. The van der Waals surface area contributed by atoms with Gasteiger partial charge in [-0.05, 0) is 171 Å². The van der Waals surface area contributed by atoms with E-state index in [9.17, 15) is 29.2 Å². The summed E-state index contributed by atoms with van der Waals surface area (Å²) >= 11 is 18.0. The van der Waals surface area contributed by atoms with Crippen molar-refractivity contribution in [2.75, 3.05) is 11.5 Å². The van der Waals surface area contributed by atoms with Crippen LogP contribution in [0, 0.1) is 13.8 Å². The largest absolute Gasteiger partial charge is 0.411 e. The number of carbonyl (C=O) groups is 5. The summed E-state index contributed by atoms with van der Waals surface area (Å²) in [5, 5.41) is 17.8. The van der Waals surface area contributed by atoms with Gasteiger partial charge in [0.15, 0.2) is 11.6 Å². The summed E-state index contributed by atoms with van der Waals surface area (Å²) in [7, 11) is 0.